The molecular formula is C13H14N6O5S2. The topological polar surface area (TPSA) is 171 Å². The molecule has 1 aromatic rings. The summed E-state index contributed by atoms with van der Waals surface area (Å²) in [4.78, 5) is 41.8. The number of nitrogens with two attached hydrogens (primary N) is 1. The van der Waals surface area contributed by atoms with Crippen LogP contribution in [0, 0.1) is 0 Å². The number of oxime groups is 1. The molecule has 0 radical (unpaired) electrons. The third-order valence-corrected chi connectivity index (χ3v) is 5.53. The van der Waals surface area contributed by atoms with E-state index in [0.29, 0.717) is 17.7 Å². The predicted octanol–water partition coefficient (Wildman–Crippen LogP) is -0.553. The molecule has 13 heteroatoms. The van der Waals surface area contributed by atoms with Crippen LogP contribution >= 0.6 is 23.3 Å². The van der Waals surface area contributed by atoms with E-state index in [1.54, 1.807) is 6.26 Å². The van der Waals surface area contributed by atoms with Crippen molar-refractivity contribution in [1.82, 2.24) is 19.6 Å². The molecule has 0 bridgehead atoms. The smallest absolute Gasteiger partial charge is 0.353 e. The lowest BCUT2D eigenvalue weighted by atomic mass is 9.86. The quantitative estimate of drug-likeness (QED) is 0.220. The minimum Gasteiger partial charge on any atom is -0.477 e. The zero-order chi connectivity index (χ0) is 19.0. The maximum atomic E-state index is 12.4. The summed E-state index contributed by atoms with van der Waals surface area (Å²) in [6.45, 7) is 0. The van der Waals surface area contributed by atoms with Crippen molar-refractivity contribution in [2.45, 2.75) is 24.9 Å². The zero-order valence-corrected chi connectivity index (χ0v) is 15.0. The number of allylic oxidation sites excluding steroid dienone is 1. The Bertz CT molecular complexity index is 850. The number of nitrogens with zero attached hydrogens (tertiary/aromatic N) is 4. The molecule has 3 rings (SSSR count). The SMILES string of the molecule is CSC1=C(C(=O)O)N2C(=O)[C@@H](NC(=O)/C(=N\O)c3nsc(N)n3)C2CC1. The number of nitrogen functional groups attached to an aromatic ring is 1. The number of thioether (sulfide) groups is 1. The number of carbonyl (C=O) groups is 3. The average Bonchev–Trinajstić information content (AvgIpc) is 3.04. The van der Waals surface area contributed by atoms with Gasteiger partial charge in [0, 0.05) is 16.4 Å². The van der Waals surface area contributed by atoms with Gasteiger partial charge in [-0.2, -0.15) is 9.36 Å². The lowest BCUT2D eigenvalue weighted by Gasteiger charge is -2.49. The van der Waals surface area contributed by atoms with Gasteiger partial charge in [-0.15, -0.1) is 11.8 Å². The molecule has 3 heterocycles. The predicted molar refractivity (Wildman–Crippen MR) is 92.6 cm³/mol. The highest BCUT2D eigenvalue weighted by Crippen LogP contribution is 2.39. The van der Waals surface area contributed by atoms with Gasteiger partial charge in [0.15, 0.2) is 5.13 Å². The number of carboxylic acids is 1. The summed E-state index contributed by atoms with van der Waals surface area (Å²) in [5.41, 5.74) is 4.92. The normalized spacial score (nSPS) is 22.7. The number of fused-ring (bicyclic) bond motifs is 1. The highest BCUT2D eigenvalue weighted by Gasteiger charge is 2.53. The molecule has 2 amide bonds. The fraction of sp³-hybridized carbons (Fsp3) is 0.385. The van der Waals surface area contributed by atoms with Gasteiger partial charge in [-0.25, -0.2) is 4.79 Å². The van der Waals surface area contributed by atoms with Crippen LogP contribution in [0.3, 0.4) is 0 Å². The molecule has 1 aromatic heterocycles. The number of carboxylic acid groups (broad SMARTS) is 1. The lowest BCUT2D eigenvalue weighted by molar-refractivity contribution is -0.155. The number of aliphatic carboxylic acids is 1. The van der Waals surface area contributed by atoms with E-state index in [1.807, 2.05) is 0 Å². The number of β-lactam (4-membered cyclic amide) rings is 1. The van der Waals surface area contributed by atoms with Crippen LogP contribution in [0.5, 0.6) is 0 Å². The molecule has 0 aromatic carbocycles. The molecule has 5 N–H and O–H groups in total. The summed E-state index contributed by atoms with van der Waals surface area (Å²) in [6.07, 6.45) is 2.75. The molecule has 2 aliphatic rings. The molecule has 0 aliphatic carbocycles. The molecule has 0 saturated carbocycles. The molecule has 1 fully saturated rings. The summed E-state index contributed by atoms with van der Waals surface area (Å²) < 4.78 is 3.79. The van der Waals surface area contributed by atoms with Gasteiger partial charge in [0.05, 0.1) is 6.04 Å². The Kier molecular flexibility index (Phi) is 4.82. The molecule has 2 atom stereocenters. The van der Waals surface area contributed by atoms with Crippen molar-refractivity contribution in [1.29, 1.82) is 0 Å². The molecule has 26 heavy (non-hydrogen) atoms. The van der Waals surface area contributed by atoms with Gasteiger partial charge in [0.1, 0.15) is 11.7 Å². The van der Waals surface area contributed by atoms with Crippen molar-refractivity contribution < 1.29 is 24.7 Å². The monoisotopic (exact) mass is 398 g/mol. The first-order valence-electron chi connectivity index (χ1n) is 7.35. The Morgan fingerprint density at radius 3 is 2.77 bits per heavy atom. The van der Waals surface area contributed by atoms with E-state index in [1.165, 1.54) is 16.7 Å². The van der Waals surface area contributed by atoms with E-state index >= 15 is 0 Å². The number of anilines is 1. The second-order valence-electron chi connectivity index (χ2n) is 5.45. The van der Waals surface area contributed by atoms with Crippen LogP contribution in [0.25, 0.3) is 0 Å². The van der Waals surface area contributed by atoms with Gasteiger partial charge in [0.2, 0.25) is 11.5 Å². The minimum atomic E-state index is -1.18. The van der Waals surface area contributed by atoms with Crippen molar-refractivity contribution in [3.05, 3.63) is 16.4 Å². The van der Waals surface area contributed by atoms with Crippen molar-refractivity contribution >= 4 is 51.9 Å². The van der Waals surface area contributed by atoms with Gasteiger partial charge >= 0.3 is 5.97 Å². The molecule has 0 spiro atoms. The Morgan fingerprint density at radius 1 is 1.50 bits per heavy atom. The summed E-state index contributed by atoms with van der Waals surface area (Å²) in [5, 5.41) is 23.9. The molecule has 2 aliphatic heterocycles. The second-order valence-corrected chi connectivity index (χ2v) is 7.14. The van der Waals surface area contributed by atoms with Crippen LogP contribution < -0.4 is 11.1 Å². The second kappa shape index (κ2) is 6.92. The van der Waals surface area contributed by atoms with Crippen molar-refractivity contribution in [3.8, 4) is 0 Å². The van der Waals surface area contributed by atoms with E-state index in [9.17, 15) is 19.5 Å². The maximum absolute atomic E-state index is 12.4. The average molecular weight is 398 g/mol. The number of rotatable bonds is 5. The van der Waals surface area contributed by atoms with E-state index in [4.69, 9.17) is 10.9 Å². The first-order valence-corrected chi connectivity index (χ1v) is 9.34. The van der Waals surface area contributed by atoms with Gasteiger partial charge < -0.3 is 21.4 Å². The van der Waals surface area contributed by atoms with E-state index in [2.05, 4.69) is 19.8 Å². The fourth-order valence-corrected chi connectivity index (χ4v) is 4.10. The summed E-state index contributed by atoms with van der Waals surface area (Å²) in [6, 6.07) is -1.38. The molecule has 11 nitrogen and oxygen atoms in total. The van der Waals surface area contributed by atoms with Crippen LogP contribution in [0.1, 0.15) is 18.7 Å². The number of nitrogens with one attached hydrogen (secondary N) is 1. The first kappa shape index (κ1) is 18.1. The summed E-state index contributed by atoms with van der Waals surface area (Å²) >= 11 is 2.11. The lowest BCUT2D eigenvalue weighted by Crippen LogP contribution is -2.72. The van der Waals surface area contributed by atoms with Gasteiger partial charge in [0.25, 0.3) is 11.8 Å². The van der Waals surface area contributed by atoms with E-state index in [-0.39, 0.29) is 16.7 Å². The number of carbonyl (C=O) groups excluding carboxylic acids is 2. The molecule has 138 valence electrons. The molecule has 1 saturated heterocycles. The van der Waals surface area contributed by atoms with Crippen LogP contribution in [-0.4, -0.2) is 66.4 Å². The molecule has 1 unspecified atom stereocenters. The van der Waals surface area contributed by atoms with Crippen molar-refractivity contribution in [3.63, 3.8) is 0 Å². The first-order chi connectivity index (χ1) is 12.4. The van der Waals surface area contributed by atoms with Crippen LogP contribution in [0.2, 0.25) is 0 Å². The maximum Gasteiger partial charge on any atom is 0.353 e. The number of hydrogen-bond donors (Lipinski definition) is 4. The zero-order valence-electron chi connectivity index (χ0n) is 13.4. The van der Waals surface area contributed by atoms with Crippen molar-refractivity contribution in [2.75, 3.05) is 12.0 Å². The molecular weight excluding hydrogens is 384 g/mol. The highest BCUT2D eigenvalue weighted by atomic mass is 32.2. The van der Waals surface area contributed by atoms with Gasteiger partial charge in [-0.1, -0.05) is 5.16 Å². The van der Waals surface area contributed by atoms with Crippen LogP contribution in [0.15, 0.2) is 15.8 Å². The third kappa shape index (κ3) is 2.88. The number of hydrogen-bond acceptors (Lipinski definition) is 10. The number of amides is 2. The summed E-state index contributed by atoms with van der Waals surface area (Å²) in [5.74, 6) is -2.72. The Morgan fingerprint density at radius 2 is 2.23 bits per heavy atom. The van der Waals surface area contributed by atoms with E-state index in [0.717, 1.165) is 11.5 Å². The Labute approximate surface area is 155 Å². The van der Waals surface area contributed by atoms with Crippen LogP contribution in [0.4, 0.5) is 5.13 Å². The van der Waals surface area contributed by atoms with E-state index < -0.39 is 35.6 Å². The van der Waals surface area contributed by atoms with Crippen LogP contribution in [-0.2, 0) is 14.4 Å². The van der Waals surface area contributed by atoms with Crippen molar-refractivity contribution in [2.24, 2.45) is 5.16 Å². The highest BCUT2D eigenvalue weighted by molar-refractivity contribution is 8.02. The standard InChI is InChI=1S/C13H14N6O5S2/c1-25-5-3-2-4-6(11(21)19(4)8(5)12(22)23)15-10(20)7(17-24)9-16-13(14)26-18-9/h4,6,24H,2-3H2,1H3,(H,15,20)(H,22,23)(H2,14,16,18)/b17-7-/t4?,6-/m0/s1. The Balaban J connectivity index is 1.77. The Hall–Kier alpha value is -2.67. The van der Waals surface area contributed by atoms with Gasteiger partial charge in [-0.05, 0) is 19.1 Å². The minimum absolute atomic E-state index is 0.0470. The number of aromatic nitrogens is 2. The largest absolute Gasteiger partial charge is 0.477 e. The fourth-order valence-electron chi connectivity index (χ4n) is 2.96. The van der Waals surface area contributed by atoms with Gasteiger partial charge in [-0.3, -0.25) is 14.5 Å². The summed E-state index contributed by atoms with van der Waals surface area (Å²) in [7, 11) is 0. The third-order valence-electron chi connectivity index (χ3n) is 4.10.